The number of aromatic nitrogens is 1. The molecule has 0 spiro atoms. The largest absolute Gasteiger partial charge is 0.496 e. The van der Waals surface area contributed by atoms with Crippen molar-refractivity contribution in [1.29, 1.82) is 0 Å². The second-order valence-electron chi connectivity index (χ2n) is 8.28. The van der Waals surface area contributed by atoms with Gasteiger partial charge in [-0.25, -0.2) is 4.98 Å². The van der Waals surface area contributed by atoms with Gasteiger partial charge in [-0.2, -0.15) is 0 Å². The number of hydrogen-bond donors (Lipinski definition) is 1. The third-order valence-electron chi connectivity index (χ3n) is 6.03. The van der Waals surface area contributed by atoms with Crippen LogP contribution in [0.1, 0.15) is 53.3 Å². The summed E-state index contributed by atoms with van der Waals surface area (Å²) in [6, 6.07) is 18.4. The maximum Gasteiger partial charge on any atom is 0.273 e. The van der Waals surface area contributed by atoms with Crippen molar-refractivity contribution >= 4 is 5.91 Å². The van der Waals surface area contributed by atoms with Crippen LogP contribution in [0.4, 0.5) is 0 Å². The van der Waals surface area contributed by atoms with Crippen LogP contribution in [-0.4, -0.2) is 42.2 Å². The number of nitrogens with zero attached hydrogens (tertiary/aromatic N) is 2. The van der Waals surface area contributed by atoms with Crippen LogP contribution in [-0.2, 0) is 17.8 Å². The standard InChI is InChI=1S/C26H31N3O4/c1-19(20-9-4-3-5-10-20)29(16-21-11-6-7-13-24(21)31-2)17-25-28-23(18-33-25)26(30)27-15-22-12-8-14-32-22/h3-7,9-11,13,18-19,22H,8,12,14-17H2,1-2H3,(H,27,30). The molecule has 2 atom stereocenters. The molecule has 1 saturated heterocycles. The second-order valence-corrected chi connectivity index (χ2v) is 8.28. The van der Waals surface area contributed by atoms with E-state index in [-0.39, 0.29) is 23.7 Å². The van der Waals surface area contributed by atoms with Crippen molar-refractivity contribution in [2.75, 3.05) is 20.3 Å². The molecule has 2 aromatic carbocycles. The Bertz CT molecular complexity index is 1030. The molecule has 1 N–H and O–H groups in total. The van der Waals surface area contributed by atoms with Crippen molar-refractivity contribution in [3.8, 4) is 5.75 Å². The normalized spacial score (nSPS) is 16.6. The summed E-state index contributed by atoms with van der Waals surface area (Å²) in [4.78, 5) is 19.2. The lowest BCUT2D eigenvalue weighted by Crippen LogP contribution is -2.32. The molecule has 1 aromatic heterocycles. The van der Waals surface area contributed by atoms with E-state index in [2.05, 4.69) is 40.3 Å². The van der Waals surface area contributed by atoms with Crippen LogP contribution in [0.25, 0.3) is 0 Å². The molecule has 1 aliphatic rings. The Balaban J connectivity index is 1.48. The highest BCUT2D eigenvalue weighted by Gasteiger charge is 2.22. The number of carbonyl (C=O) groups excluding carboxylic acids is 1. The summed E-state index contributed by atoms with van der Waals surface area (Å²) in [5, 5.41) is 2.89. The number of hydrogen-bond acceptors (Lipinski definition) is 6. The summed E-state index contributed by atoms with van der Waals surface area (Å²) in [6.07, 6.45) is 3.52. The highest BCUT2D eigenvalue weighted by atomic mass is 16.5. The second kappa shape index (κ2) is 11.1. The number of carbonyl (C=O) groups is 1. The lowest BCUT2D eigenvalue weighted by molar-refractivity contribution is 0.0853. The van der Waals surface area contributed by atoms with E-state index in [1.807, 2.05) is 36.4 Å². The third kappa shape index (κ3) is 6.00. The molecule has 7 heteroatoms. The molecule has 0 saturated carbocycles. The summed E-state index contributed by atoms with van der Waals surface area (Å²) in [7, 11) is 1.68. The molecular formula is C26H31N3O4. The van der Waals surface area contributed by atoms with Gasteiger partial charge in [0.15, 0.2) is 5.69 Å². The van der Waals surface area contributed by atoms with Gasteiger partial charge in [0.05, 0.1) is 19.8 Å². The SMILES string of the molecule is COc1ccccc1CN(Cc1nc(C(=O)NCC2CCCO2)co1)C(C)c1ccccc1. The zero-order valence-electron chi connectivity index (χ0n) is 19.2. The van der Waals surface area contributed by atoms with E-state index < -0.39 is 0 Å². The Morgan fingerprint density at radius 1 is 1.18 bits per heavy atom. The minimum absolute atomic E-state index is 0.0865. The monoisotopic (exact) mass is 449 g/mol. The molecule has 2 heterocycles. The molecule has 4 rings (SSSR count). The van der Waals surface area contributed by atoms with Gasteiger partial charge in [0, 0.05) is 31.3 Å². The molecular weight excluding hydrogens is 418 g/mol. The van der Waals surface area contributed by atoms with E-state index in [9.17, 15) is 4.79 Å². The van der Waals surface area contributed by atoms with E-state index in [0.29, 0.717) is 25.5 Å². The first-order chi connectivity index (χ1) is 16.1. The fraction of sp³-hybridized carbons (Fsp3) is 0.385. The number of amides is 1. The molecule has 7 nitrogen and oxygen atoms in total. The first-order valence-corrected chi connectivity index (χ1v) is 11.4. The predicted molar refractivity (Wildman–Crippen MR) is 125 cm³/mol. The zero-order valence-corrected chi connectivity index (χ0v) is 19.2. The van der Waals surface area contributed by atoms with Crippen LogP contribution >= 0.6 is 0 Å². The molecule has 0 radical (unpaired) electrons. The average molecular weight is 450 g/mol. The van der Waals surface area contributed by atoms with Crippen molar-refractivity contribution in [1.82, 2.24) is 15.2 Å². The van der Waals surface area contributed by atoms with Crippen molar-refractivity contribution in [3.63, 3.8) is 0 Å². The smallest absolute Gasteiger partial charge is 0.273 e. The van der Waals surface area contributed by atoms with Crippen molar-refractivity contribution in [2.24, 2.45) is 0 Å². The maximum absolute atomic E-state index is 12.5. The van der Waals surface area contributed by atoms with Crippen LogP contribution < -0.4 is 10.1 Å². The lowest BCUT2D eigenvalue weighted by atomic mass is 10.1. The van der Waals surface area contributed by atoms with Crippen LogP contribution in [0.5, 0.6) is 5.75 Å². The summed E-state index contributed by atoms with van der Waals surface area (Å²) < 4.78 is 16.8. The van der Waals surface area contributed by atoms with Gasteiger partial charge in [-0.15, -0.1) is 0 Å². The van der Waals surface area contributed by atoms with E-state index in [1.54, 1.807) is 7.11 Å². The average Bonchev–Trinajstić information content (AvgIpc) is 3.55. The Morgan fingerprint density at radius 3 is 2.73 bits per heavy atom. The van der Waals surface area contributed by atoms with Crippen molar-refractivity contribution in [3.05, 3.63) is 83.6 Å². The highest BCUT2D eigenvalue weighted by Crippen LogP contribution is 2.27. The van der Waals surface area contributed by atoms with Crippen LogP contribution in [0.15, 0.2) is 65.3 Å². The molecule has 1 fully saturated rings. The summed E-state index contributed by atoms with van der Waals surface area (Å²) in [5.41, 5.74) is 2.55. The zero-order chi connectivity index (χ0) is 23.0. The minimum Gasteiger partial charge on any atom is -0.496 e. The van der Waals surface area contributed by atoms with Crippen LogP contribution in [0, 0.1) is 0 Å². The Labute approximate surface area is 194 Å². The third-order valence-corrected chi connectivity index (χ3v) is 6.03. The van der Waals surface area contributed by atoms with Gasteiger partial charge in [-0.1, -0.05) is 48.5 Å². The summed E-state index contributed by atoms with van der Waals surface area (Å²) in [6.45, 7) is 4.50. The lowest BCUT2D eigenvalue weighted by Gasteiger charge is -2.29. The molecule has 33 heavy (non-hydrogen) atoms. The molecule has 1 aliphatic heterocycles. The Morgan fingerprint density at radius 2 is 1.97 bits per heavy atom. The molecule has 0 aliphatic carbocycles. The minimum atomic E-state index is -0.243. The molecule has 2 unspecified atom stereocenters. The van der Waals surface area contributed by atoms with Crippen LogP contribution in [0.3, 0.4) is 0 Å². The predicted octanol–water partition coefficient (Wildman–Crippen LogP) is 4.36. The number of ether oxygens (including phenoxy) is 2. The number of nitrogens with one attached hydrogen (secondary N) is 1. The Kier molecular flexibility index (Phi) is 7.75. The fourth-order valence-electron chi connectivity index (χ4n) is 4.09. The van der Waals surface area contributed by atoms with E-state index >= 15 is 0 Å². The summed E-state index contributed by atoms with van der Waals surface area (Å²) >= 11 is 0. The molecule has 1 amide bonds. The Hall–Kier alpha value is -3.16. The van der Waals surface area contributed by atoms with Crippen molar-refractivity contribution in [2.45, 2.75) is 45.0 Å². The number of para-hydroxylation sites is 1. The maximum atomic E-state index is 12.5. The topological polar surface area (TPSA) is 76.8 Å². The van der Waals surface area contributed by atoms with Gasteiger partial charge in [0.1, 0.15) is 12.0 Å². The highest BCUT2D eigenvalue weighted by molar-refractivity contribution is 5.91. The molecule has 0 bridgehead atoms. The number of oxazole rings is 1. The van der Waals surface area contributed by atoms with Gasteiger partial charge in [-0.3, -0.25) is 9.69 Å². The van der Waals surface area contributed by atoms with Gasteiger partial charge >= 0.3 is 0 Å². The van der Waals surface area contributed by atoms with Gasteiger partial charge in [-0.05, 0) is 31.4 Å². The number of methoxy groups -OCH3 is 1. The number of rotatable bonds is 10. The first-order valence-electron chi connectivity index (χ1n) is 11.4. The quantitative estimate of drug-likeness (QED) is 0.496. The van der Waals surface area contributed by atoms with Gasteiger partial charge in [0.25, 0.3) is 5.91 Å². The molecule has 3 aromatic rings. The van der Waals surface area contributed by atoms with Gasteiger partial charge in [0.2, 0.25) is 5.89 Å². The number of benzene rings is 2. The van der Waals surface area contributed by atoms with Crippen LogP contribution in [0.2, 0.25) is 0 Å². The van der Waals surface area contributed by atoms with Crippen molar-refractivity contribution < 1.29 is 18.7 Å². The van der Waals surface area contributed by atoms with E-state index in [4.69, 9.17) is 13.9 Å². The van der Waals surface area contributed by atoms with E-state index in [1.165, 1.54) is 11.8 Å². The molecule has 174 valence electrons. The first kappa shape index (κ1) is 23.0. The summed E-state index contributed by atoms with van der Waals surface area (Å²) in [5.74, 6) is 1.09. The fourth-order valence-corrected chi connectivity index (χ4v) is 4.09. The van der Waals surface area contributed by atoms with Gasteiger partial charge < -0.3 is 19.2 Å². The van der Waals surface area contributed by atoms with E-state index in [0.717, 1.165) is 30.8 Å².